The number of aromatic nitrogens is 2. The summed E-state index contributed by atoms with van der Waals surface area (Å²) in [6, 6.07) is 15.3. The van der Waals surface area contributed by atoms with Gasteiger partial charge in [-0.1, -0.05) is 53.4 Å². The highest BCUT2D eigenvalue weighted by Crippen LogP contribution is 2.30. The number of rotatable bonds is 6. The molecular formula is C17H16N4OS2. The minimum atomic E-state index is -0.412. The van der Waals surface area contributed by atoms with Crippen molar-refractivity contribution in [3.63, 3.8) is 0 Å². The van der Waals surface area contributed by atoms with E-state index in [9.17, 15) is 4.79 Å². The van der Waals surface area contributed by atoms with Crippen LogP contribution in [0.1, 0.15) is 21.5 Å². The first-order valence-electron chi connectivity index (χ1n) is 7.29. The zero-order valence-electron chi connectivity index (χ0n) is 13.0. The van der Waals surface area contributed by atoms with Gasteiger partial charge in [0.05, 0.1) is 0 Å². The molecule has 0 bridgehead atoms. The van der Waals surface area contributed by atoms with Gasteiger partial charge in [-0.2, -0.15) is 0 Å². The van der Waals surface area contributed by atoms with Gasteiger partial charge in [0.15, 0.2) is 4.34 Å². The Morgan fingerprint density at radius 2 is 1.92 bits per heavy atom. The van der Waals surface area contributed by atoms with Gasteiger partial charge in [0.25, 0.3) is 0 Å². The predicted octanol–water partition coefficient (Wildman–Crippen LogP) is 3.98. The van der Waals surface area contributed by atoms with E-state index in [1.807, 2.05) is 30.3 Å². The maximum atomic E-state index is 11.1. The normalized spacial score (nSPS) is 10.5. The lowest BCUT2D eigenvalue weighted by Gasteiger charge is -2.04. The molecule has 0 saturated heterocycles. The fraction of sp³-hybridized carbons (Fsp3) is 0.118. The second-order valence-electron chi connectivity index (χ2n) is 5.16. The Hall–Kier alpha value is -2.38. The van der Waals surface area contributed by atoms with Gasteiger partial charge in [0.1, 0.15) is 0 Å². The first-order chi connectivity index (χ1) is 11.6. The summed E-state index contributed by atoms with van der Waals surface area (Å²) in [7, 11) is 0. The van der Waals surface area contributed by atoms with Crippen molar-refractivity contribution in [3.05, 3.63) is 65.2 Å². The number of hydrogen-bond acceptors (Lipinski definition) is 6. The zero-order chi connectivity index (χ0) is 16.9. The maximum Gasteiger partial charge on any atom is 0.248 e. The van der Waals surface area contributed by atoms with Crippen LogP contribution in [0.5, 0.6) is 0 Å². The van der Waals surface area contributed by atoms with Crippen molar-refractivity contribution in [1.29, 1.82) is 0 Å². The summed E-state index contributed by atoms with van der Waals surface area (Å²) in [6.45, 7) is 2.05. The fourth-order valence-corrected chi connectivity index (χ4v) is 3.78. The maximum absolute atomic E-state index is 11.1. The zero-order valence-corrected chi connectivity index (χ0v) is 14.7. The van der Waals surface area contributed by atoms with E-state index < -0.39 is 5.91 Å². The summed E-state index contributed by atoms with van der Waals surface area (Å²) in [5.74, 6) is 0.350. The molecule has 0 atom stereocenters. The van der Waals surface area contributed by atoms with E-state index in [1.54, 1.807) is 23.9 Å². The molecule has 3 aromatic rings. The van der Waals surface area contributed by atoms with Crippen molar-refractivity contribution >= 4 is 39.8 Å². The second kappa shape index (κ2) is 7.46. The molecule has 1 amide bonds. The number of carbonyl (C=O) groups is 1. The van der Waals surface area contributed by atoms with Crippen LogP contribution in [0.3, 0.4) is 0 Å². The molecule has 0 aliphatic rings. The number of primary amides is 1. The molecule has 24 heavy (non-hydrogen) atoms. The van der Waals surface area contributed by atoms with E-state index in [0.717, 1.165) is 32.0 Å². The molecule has 1 aromatic heterocycles. The van der Waals surface area contributed by atoms with Crippen LogP contribution < -0.4 is 11.1 Å². The third-order valence-electron chi connectivity index (χ3n) is 3.39. The summed E-state index contributed by atoms with van der Waals surface area (Å²) in [5.41, 5.74) is 9.06. The Morgan fingerprint density at radius 3 is 2.62 bits per heavy atom. The van der Waals surface area contributed by atoms with Crippen LogP contribution in [0, 0.1) is 6.92 Å². The summed E-state index contributed by atoms with van der Waals surface area (Å²) < 4.78 is 0.894. The van der Waals surface area contributed by atoms with Crippen molar-refractivity contribution in [3.8, 4) is 0 Å². The molecule has 0 spiro atoms. The monoisotopic (exact) mass is 356 g/mol. The van der Waals surface area contributed by atoms with E-state index in [4.69, 9.17) is 5.73 Å². The van der Waals surface area contributed by atoms with Crippen molar-refractivity contribution < 1.29 is 4.79 Å². The summed E-state index contributed by atoms with van der Waals surface area (Å²) in [5, 5.41) is 12.4. The van der Waals surface area contributed by atoms with Gasteiger partial charge < -0.3 is 11.1 Å². The molecule has 3 rings (SSSR count). The van der Waals surface area contributed by atoms with Crippen LogP contribution >= 0.6 is 23.1 Å². The number of benzene rings is 2. The molecule has 0 aliphatic heterocycles. The standard InChI is InChI=1S/C17H16N4OS2/c1-11-4-2-3-5-14(11)19-16-20-21-17(24-16)23-10-12-6-8-13(9-7-12)15(18)22/h2-9H,10H2,1H3,(H2,18,22)(H,19,20). The van der Waals surface area contributed by atoms with Gasteiger partial charge >= 0.3 is 0 Å². The van der Waals surface area contributed by atoms with Crippen molar-refractivity contribution in [2.24, 2.45) is 5.73 Å². The fourth-order valence-electron chi connectivity index (χ4n) is 2.06. The lowest BCUT2D eigenvalue weighted by Crippen LogP contribution is -2.10. The highest BCUT2D eigenvalue weighted by Gasteiger charge is 2.07. The number of nitrogens with one attached hydrogen (secondary N) is 1. The molecule has 122 valence electrons. The van der Waals surface area contributed by atoms with Crippen LogP contribution in [-0.2, 0) is 5.75 Å². The molecule has 0 radical (unpaired) electrons. The molecule has 0 unspecified atom stereocenters. The number of thioether (sulfide) groups is 1. The van der Waals surface area contributed by atoms with E-state index in [2.05, 4.69) is 28.5 Å². The number of aryl methyl sites for hydroxylation is 1. The molecule has 0 aliphatic carbocycles. The largest absolute Gasteiger partial charge is 0.366 e. The van der Waals surface area contributed by atoms with Crippen molar-refractivity contribution in [2.45, 2.75) is 17.0 Å². The van der Waals surface area contributed by atoms with Gasteiger partial charge in [-0.05, 0) is 36.2 Å². The molecule has 2 aromatic carbocycles. The minimum absolute atomic E-state index is 0.412. The van der Waals surface area contributed by atoms with E-state index >= 15 is 0 Å². The Morgan fingerprint density at radius 1 is 1.17 bits per heavy atom. The molecule has 5 nitrogen and oxygen atoms in total. The number of nitrogens with two attached hydrogens (primary N) is 1. The second-order valence-corrected chi connectivity index (χ2v) is 7.36. The van der Waals surface area contributed by atoms with Crippen LogP contribution in [0.15, 0.2) is 52.9 Å². The number of hydrogen-bond donors (Lipinski definition) is 2. The summed E-state index contributed by atoms with van der Waals surface area (Å²) in [6.07, 6.45) is 0. The number of anilines is 2. The third-order valence-corrected chi connectivity index (χ3v) is 5.44. The Balaban J connectivity index is 1.60. The van der Waals surface area contributed by atoms with Crippen LogP contribution in [0.25, 0.3) is 0 Å². The Labute approximate surface area is 148 Å². The molecule has 0 saturated carbocycles. The van der Waals surface area contributed by atoms with Gasteiger partial charge in [-0.15, -0.1) is 10.2 Å². The van der Waals surface area contributed by atoms with Crippen LogP contribution in [-0.4, -0.2) is 16.1 Å². The van der Waals surface area contributed by atoms with Crippen molar-refractivity contribution in [1.82, 2.24) is 10.2 Å². The van der Waals surface area contributed by atoms with E-state index in [1.165, 1.54) is 11.3 Å². The SMILES string of the molecule is Cc1ccccc1Nc1nnc(SCc2ccc(C(N)=O)cc2)s1. The molecule has 3 N–H and O–H groups in total. The lowest BCUT2D eigenvalue weighted by molar-refractivity contribution is 0.100. The van der Waals surface area contributed by atoms with Gasteiger partial charge in [0.2, 0.25) is 11.0 Å². The van der Waals surface area contributed by atoms with Gasteiger partial charge in [-0.25, -0.2) is 0 Å². The molecule has 7 heteroatoms. The van der Waals surface area contributed by atoms with E-state index in [0.29, 0.717) is 5.56 Å². The average Bonchev–Trinajstić information content (AvgIpc) is 3.03. The quantitative estimate of drug-likeness (QED) is 0.653. The van der Waals surface area contributed by atoms with Gasteiger partial charge in [-0.3, -0.25) is 4.79 Å². The van der Waals surface area contributed by atoms with Crippen LogP contribution in [0.2, 0.25) is 0 Å². The highest BCUT2D eigenvalue weighted by molar-refractivity contribution is 8.00. The Kier molecular flexibility index (Phi) is 5.12. The number of amides is 1. The first-order valence-corrected chi connectivity index (χ1v) is 9.10. The molecular weight excluding hydrogens is 340 g/mol. The predicted molar refractivity (Wildman–Crippen MR) is 98.9 cm³/mol. The minimum Gasteiger partial charge on any atom is -0.366 e. The average molecular weight is 356 g/mol. The topological polar surface area (TPSA) is 80.9 Å². The van der Waals surface area contributed by atoms with E-state index in [-0.39, 0.29) is 0 Å². The summed E-state index contributed by atoms with van der Waals surface area (Å²) >= 11 is 3.13. The molecule has 1 heterocycles. The number of para-hydroxylation sites is 1. The number of nitrogens with zero attached hydrogens (tertiary/aromatic N) is 2. The molecule has 0 fully saturated rings. The van der Waals surface area contributed by atoms with Crippen LogP contribution in [0.4, 0.5) is 10.8 Å². The smallest absolute Gasteiger partial charge is 0.248 e. The van der Waals surface area contributed by atoms with Crippen molar-refractivity contribution in [2.75, 3.05) is 5.32 Å². The lowest BCUT2D eigenvalue weighted by atomic mass is 10.1. The number of carbonyl (C=O) groups excluding carboxylic acids is 1. The third kappa shape index (κ3) is 4.12. The van der Waals surface area contributed by atoms with Gasteiger partial charge in [0, 0.05) is 17.0 Å². The Bertz CT molecular complexity index is 846. The first kappa shape index (κ1) is 16.5. The highest BCUT2D eigenvalue weighted by atomic mass is 32.2. The summed E-state index contributed by atoms with van der Waals surface area (Å²) in [4.78, 5) is 11.1.